The SMILES string of the molecule is O=C(NCCN1CCN(C(=O)C2CCCC2)CC1)c1c[nH]c2ccc([N+](=O)[O-])cc12. The summed E-state index contributed by atoms with van der Waals surface area (Å²) >= 11 is 0. The van der Waals surface area contributed by atoms with E-state index >= 15 is 0 Å². The molecular formula is C21H27N5O4. The molecule has 4 rings (SSSR count). The van der Waals surface area contributed by atoms with Gasteiger partial charge in [0.2, 0.25) is 5.91 Å². The molecule has 1 aromatic heterocycles. The van der Waals surface area contributed by atoms with Crippen LogP contribution in [0.25, 0.3) is 10.9 Å². The van der Waals surface area contributed by atoms with E-state index < -0.39 is 4.92 Å². The molecule has 1 saturated carbocycles. The number of H-pyrrole nitrogens is 1. The van der Waals surface area contributed by atoms with Crippen LogP contribution in [0.1, 0.15) is 36.0 Å². The first-order valence-corrected chi connectivity index (χ1v) is 10.6. The number of piperazine rings is 1. The number of aromatic amines is 1. The molecule has 1 aliphatic carbocycles. The largest absolute Gasteiger partial charge is 0.360 e. The second-order valence-electron chi connectivity index (χ2n) is 8.09. The van der Waals surface area contributed by atoms with Crippen molar-refractivity contribution in [1.82, 2.24) is 20.1 Å². The van der Waals surface area contributed by atoms with Crippen molar-refractivity contribution in [2.24, 2.45) is 5.92 Å². The summed E-state index contributed by atoms with van der Waals surface area (Å²) in [6.07, 6.45) is 5.97. The van der Waals surface area contributed by atoms with Gasteiger partial charge in [0.15, 0.2) is 0 Å². The molecule has 2 heterocycles. The molecule has 30 heavy (non-hydrogen) atoms. The molecule has 9 nitrogen and oxygen atoms in total. The monoisotopic (exact) mass is 413 g/mol. The van der Waals surface area contributed by atoms with Crippen molar-refractivity contribution in [3.8, 4) is 0 Å². The molecule has 0 spiro atoms. The van der Waals surface area contributed by atoms with Crippen LogP contribution in [0.5, 0.6) is 0 Å². The van der Waals surface area contributed by atoms with Crippen molar-refractivity contribution < 1.29 is 14.5 Å². The number of nitro groups is 1. The number of nitro benzene ring substituents is 1. The van der Waals surface area contributed by atoms with Crippen molar-refractivity contribution in [1.29, 1.82) is 0 Å². The van der Waals surface area contributed by atoms with Crippen LogP contribution in [-0.4, -0.2) is 70.8 Å². The number of hydrogen-bond donors (Lipinski definition) is 2. The third-order valence-corrected chi connectivity index (χ3v) is 6.22. The Labute approximate surface area is 174 Å². The fourth-order valence-corrected chi connectivity index (χ4v) is 4.46. The number of carbonyl (C=O) groups excluding carboxylic acids is 2. The molecule has 0 radical (unpaired) electrons. The van der Waals surface area contributed by atoms with Gasteiger partial charge in [-0.25, -0.2) is 0 Å². The van der Waals surface area contributed by atoms with Gasteiger partial charge in [0.25, 0.3) is 11.6 Å². The molecule has 9 heteroatoms. The van der Waals surface area contributed by atoms with Gasteiger partial charge in [-0.3, -0.25) is 24.6 Å². The van der Waals surface area contributed by atoms with Crippen molar-refractivity contribution >= 4 is 28.4 Å². The minimum atomic E-state index is -0.467. The maximum Gasteiger partial charge on any atom is 0.270 e. The maximum absolute atomic E-state index is 12.6. The Morgan fingerprint density at radius 2 is 1.90 bits per heavy atom. The van der Waals surface area contributed by atoms with Gasteiger partial charge in [0, 0.05) is 74.4 Å². The average molecular weight is 413 g/mol. The van der Waals surface area contributed by atoms with E-state index in [-0.39, 0.29) is 17.5 Å². The highest BCUT2D eigenvalue weighted by molar-refractivity contribution is 6.07. The van der Waals surface area contributed by atoms with Crippen LogP contribution in [0, 0.1) is 16.0 Å². The fraction of sp³-hybridized carbons (Fsp3) is 0.524. The van der Waals surface area contributed by atoms with Gasteiger partial charge >= 0.3 is 0 Å². The zero-order valence-electron chi connectivity index (χ0n) is 16.9. The van der Waals surface area contributed by atoms with E-state index in [1.54, 1.807) is 12.3 Å². The standard InChI is InChI=1S/C21H27N5O4/c27-20(18-14-23-19-6-5-16(26(29)30)13-17(18)19)22-7-8-24-9-11-25(12-10-24)21(28)15-3-1-2-4-15/h5-6,13-15,23H,1-4,7-12H2,(H,22,27). The molecule has 2 aromatic rings. The van der Waals surface area contributed by atoms with Crippen molar-refractivity contribution in [2.45, 2.75) is 25.7 Å². The smallest absolute Gasteiger partial charge is 0.270 e. The number of non-ortho nitro benzene ring substituents is 1. The number of hydrogen-bond acceptors (Lipinski definition) is 5. The molecule has 2 fully saturated rings. The van der Waals surface area contributed by atoms with E-state index in [1.165, 1.54) is 25.0 Å². The normalized spacial score (nSPS) is 18.1. The highest BCUT2D eigenvalue weighted by Gasteiger charge is 2.29. The highest BCUT2D eigenvalue weighted by atomic mass is 16.6. The number of nitrogens with one attached hydrogen (secondary N) is 2. The highest BCUT2D eigenvalue weighted by Crippen LogP contribution is 2.27. The predicted molar refractivity (Wildman–Crippen MR) is 112 cm³/mol. The number of carbonyl (C=O) groups is 2. The molecule has 0 bridgehead atoms. The molecule has 2 N–H and O–H groups in total. The van der Waals surface area contributed by atoms with Crippen LogP contribution in [0.4, 0.5) is 5.69 Å². The van der Waals surface area contributed by atoms with E-state index in [0.717, 1.165) is 39.0 Å². The van der Waals surface area contributed by atoms with Crippen LogP contribution in [0.2, 0.25) is 0 Å². The molecule has 2 aliphatic rings. The summed E-state index contributed by atoms with van der Waals surface area (Å²) in [5, 5.41) is 14.4. The molecule has 1 saturated heterocycles. The summed E-state index contributed by atoms with van der Waals surface area (Å²) in [6, 6.07) is 4.44. The van der Waals surface area contributed by atoms with Crippen LogP contribution in [0.15, 0.2) is 24.4 Å². The van der Waals surface area contributed by atoms with Gasteiger partial charge in [-0.2, -0.15) is 0 Å². The Hall–Kier alpha value is -2.94. The maximum atomic E-state index is 12.6. The lowest BCUT2D eigenvalue weighted by Crippen LogP contribution is -2.51. The van der Waals surface area contributed by atoms with Gasteiger partial charge in [0.05, 0.1) is 10.5 Å². The van der Waals surface area contributed by atoms with Gasteiger partial charge < -0.3 is 15.2 Å². The number of benzene rings is 1. The summed E-state index contributed by atoms with van der Waals surface area (Å²) in [5.41, 5.74) is 1.05. The summed E-state index contributed by atoms with van der Waals surface area (Å²) in [7, 11) is 0. The van der Waals surface area contributed by atoms with Crippen LogP contribution in [0.3, 0.4) is 0 Å². The minimum Gasteiger partial charge on any atom is -0.360 e. The Kier molecular flexibility index (Phi) is 5.98. The lowest BCUT2D eigenvalue weighted by Gasteiger charge is -2.36. The molecule has 1 aliphatic heterocycles. The van der Waals surface area contributed by atoms with Crippen LogP contribution < -0.4 is 5.32 Å². The van der Waals surface area contributed by atoms with Crippen molar-refractivity contribution in [3.05, 3.63) is 40.1 Å². The lowest BCUT2D eigenvalue weighted by molar-refractivity contribution is -0.384. The number of fused-ring (bicyclic) bond motifs is 1. The molecular weight excluding hydrogens is 386 g/mol. The lowest BCUT2D eigenvalue weighted by atomic mass is 10.1. The number of amides is 2. The summed E-state index contributed by atoms with van der Waals surface area (Å²) < 4.78 is 0. The summed E-state index contributed by atoms with van der Waals surface area (Å²) in [5.74, 6) is 0.286. The quantitative estimate of drug-likeness (QED) is 0.557. The first-order chi connectivity index (χ1) is 14.5. The second-order valence-corrected chi connectivity index (χ2v) is 8.09. The Balaban J connectivity index is 1.25. The minimum absolute atomic E-state index is 0.0406. The van der Waals surface area contributed by atoms with Crippen LogP contribution in [-0.2, 0) is 4.79 Å². The van der Waals surface area contributed by atoms with Crippen LogP contribution >= 0.6 is 0 Å². The zero-order valence-corrected chi connectivity index (χ0v) is 16.9. The number of rotatable bonds is 6. The number of aromatic nitrogens is 1. The van der Waals surface area contributed by atoms with E-state index in [1.807, 2.05) is 4.90 Å². The molecule has 160 valence electrons. The summed E-state index contributed by atoms with van der Waals surface area (Å²) in [6.45, 7) is 4.31. The van der Waals surface area contributed by atoms with E-state index in [0.29, 0.717) is 35.5 Å². The third-order valence-electron chi connectivity index (χ3n) is 6.22. The Bertz CT molecular complexity index is 942. The number of nitrogens with zero attached hydrogens (tertiary/aromatic N) is 3. The van der Waals surface area contributed by atoms with Gasteiger partial charge in [-0.15, -0.1) is 0 Å². The second kappa shape index (κ2) is 8.83. The van der Waals surface area contributed by atoms with E-state index in [9.17, 15) is 19.7 Å². The Morgan fingerprint density at radius 1 is 1.17 bits per heavy atom. The van der Waals surface area contributed by atoms with Gasteiger partial charge in [-0.05, 0) is 18.9 Å². The van der Waals surface area contributed by atoms with Crippen molar-refractivity contribution in [2.75, 3.05) is 39.3 Å². The topological polar surface area (TPSA) is 112 Å². The summed E-state index contributed by atoms with van der Waals surface area (Å²) in [4.78, 5) is 42.8. The molecule has 1 aromatic carbocycles. The zero-order chi connectivity index (χ0) is 21.1. The fourth-order valence-electron chi connectivity index (χ4n) is 4.46. The predicted octanol–water partition coefficient (Wildman–Crippen LogP) is 2.14. The Morgan fingerprint density at radius 3 is 2.60 bits per heavy atom. The van der Waals surface area contributed by atoms with E-state index in [2.05, 4.69) is 15.2 Å². The van der Waals surface area contributed by atoms with E-state index in [4.69, 9.17) is 0 Å². The molecule has 0 unspecified atom stereocenters. The average Bonchev–Trinajstić information content (AvgIpc) is 3.43. The first kappa shape index (κ1) is 20.3. The third kappa shape index (κ3) is 4.30. The first-order valence-electron chi connectivity index (χ1n) is 10.6. The van der Waals surface area contributed by atoms with Gasteiger partial charge in [-0.1, -0.05) is 12.8 Å². The molecule has 0 atom stereocenters. The molecule has 2 amide bonds. The van der Waals surface area contributed by atoms with Crippen molar-refractivity contribution in [3.63, 3.8) is 0 Å². The van der Waals surface area contributed by atoms with Gasteiger partial charge in [0.1, 0.15) is 0 Å².